The van der Waals surface area contributed by atoms with Crippen molar-refractivity contribution in [3.8, 4) is 11.3 Å². The maximum absolute atomic E-state index is 11.7. The zero-order chi connectivity index (χ0) is 14.1. The maximum Gasteiger partial charge on any atom is 0.253 e. The van der Waals surface area contributed by atoms with Crippen molar-refractivity contribution < 1.29 is 4.79 Å². The first-order chi connectivity index (χ1) is 9.65. The lowest BCUT2D eigenvalue weighted by Crippen LogP contribution is -1.96. The van der Waals surface area contributed by atoms with E-state index in [1.807, 2.05) is 37.3 Å². The molecule has 1 aromatic carbocycles. The van der Waals surface area contributed by atoms with Crippen LogP contribution in [0.3, 0.4) is 0 Å². The van der Waals surface area contributed by atoms with Crippen LogP contribution in [0.25, 0.3) is 22.2 Å². The van der Waals surface area contributed by atoms with E-state index < -0.39 is 5.24 Å². The molecule has 3 nitrogen and oxygen atoms in total. The molecule has 0 fully saturated rings. The second kappa shape index (κ2) is 6.20. The van der Waals surface area contributed by atoms with Crippen LogP contribution in [0.5, 0.6) is 0 Å². The van der Waals surface area contributed by atoms with Crippen LogP contribution in [0.15, 0.2) is 48.8 Å². The molecule has 2 aromatic heterocycles. The zero-order valence-electron chi connectivity index (χ0n) is 11.2. The van der Waals surface area contributed by atoms with Gasteiger partial charge in [0.15, 0.2) is 0 Å². The Kier molecular flexibility index (Phi) is 4.56. The lowest BCUT2D eigenvalue weighted by atomic mass is 10.0. The Hall–Kier alpha value is -1.97. The van der Waals surface area contributed by atoms with E-state index in [1.165, 1.54) is 0 Å². The molecule has 0 aliphatic rings. The molecule has 106 valence electrons. The lowest BCUT2D eigenvalue weighted by molar-refractivity contribution is 0.108. The number of aromatic nitrogens is 2. The molecule has 3 rings (SSSR count). The van der Waals surface area contributed by atoms with Gasteiger partial charge in [-0.15, -0.1) is 12.4 Å². The van der Waals surface area contributed by atoms with Gasteiger partial charge in [0.1, 0.15) is 0 Å². The molecule has 0 unspecified atom stereocenters. The molecule has 5 heteroatoms. The molecule has 0 aliphatic heterocycles. The van der Waals surface area contributed by atoms with Crippen LogP contribution in [0.2, 0.25) is 0 Å². The second-order valence-electron chi connectivity index (χ2n) is 4.59. The Morgan fingerprint density at radius 3 is 2.48 bits per heavy atom. The minimum atomic E-state index is -0.474. The van der Waals surface area contributed by atoms with E-state index in [9.17, 15) is 4.79 Å². The van der Waals surface area contributed by atoms with E-state index >= 15 is 0 Å². The fraction of sp³-hybridized carbons (Fsp3) is 0.0625. The lowest BCUT2D eigenvalue weighted by Gasteiger charge is -2.07. The van der Waals surface area contributed by atoms with Gasteiger partial charge in [0.25, 0.3) is 5.24 Å². The average molecular weight is 319 g/mol. The van der Waals surface area contributed by atoms with Crippen LogP contribution in [0.1, 0.15) is 15.9 Å². The quantitative estimate of drug-likeness (QED) is 0.657. The van der Waals surface area contributed by atoms with Gasteiger partial charge in [-0.3, -0.25) is 9.78 Å². The van der Waals surface area contributed by atoms with Gasteiger partial charge in [0.05, 0.1) is 11.2 Å². The van der Waals surface area contributed by atoms with E-state index in [4.69, 9.17) is 11.6 Å². The molecular formula is C16H12Cl2N2O. The van der Waals surface area contributed by atoms with Gasteiger partial charge in [0, 0.05) is 28.9 Å². The predicted octanol–water partition coefficient (Wildman–Crippen LogP) is 4.41. The Balaban J connectivity index is 0.00000161. The van der Waals surface area contributed by atoms with E-state index in [1.54, 1.807) is 18.5 Å². The third-order valence-corrected chi connectivity index (χ3v) is 3.36. The van der Waals surface area contributed by atoms with E-state index in [-0.39, 0.29) is 12.4 Å². The largest absolute Gasteiger partial charge is 0.276 e. The molecule has 21 heavy (non-hydrogen) atoms. The normalized spacial score (nSPS) is 10.2. The monoisotopic (exact) mass is 318 g/mol. The molecule has 0 N–H and O–H groups in total. The number of nitrogens with zero attached hydrogens (tertiary/aromatic N) is 2. The Morgan fingerprint density at radius 2 is 1.81 bits per heavy atom. The van der Waals surface area contributed by atoms with Crippen molar-refractivity contribution in [3.63, 3.8) is 0 Å². The van der Waals surface area contributed by atoms with E-state index in [0.717, 1.165) is 22.0 Å². The van der Waals surface area contributed by atoms with Crippen molar-refractivity contribution in [2.24, 2.45) is 0 Å². The molecule has 0 aliphatic carbocycles. The number of aryl methyl sites for hydroxylation is 1. The average Bonchev–Trinajstić information content (AvgIpc) is 2.47. The molecule has 3 aromatic rings. The summed E-state index contributed by atoms with van der Waals surface area (Å²) in [4.78, 5) is 20.3. The first-order valence-electron chi connectivity index (χ1n) is 6.17. The summed E-state index contributed by atoms with van der Waals surface area (Å²) in [5.74, 6) is 0. The number of rotatable bonds is 2. The van der Waals surface area contributed by atoms with Gasteiger partial charge in [0.2, 0.25) is 0 Å². The summed E-state index contributed by atoms with van der Waals surface area (Å²) < 4.78 is 0. The number of pyridine rings is 2. The molecule has 0 radical (unpaired) electrons. The van der Waals surface area contributed by atoms with Crippen molar-refractivity contribution in [2.75, 3.05) is 0 Å². The van der Waals surface area contributed by atoms with Crippen LogP contribution >= 0.6 is 24.0 Å². The van der Waals surface area contributed by atoms with Crippen LogP contribution in [0, 0.1) is 6.92 Å². The molecule has 0 spiro atoms. The van der Waals surface area contributed by atoms with Crippen LogP contribution < -0.4 is 0 Å². The van der Waals surface area contributed by atoms with Gasteiger partial charge in [-0.25, -0.2) is 4.98 Å². The van der Waals surface area contributed by atoms with Crippen LogP contribution in [-0.4, -0.2) is 15.2 Å². The van der Waals surface area contributed by atoms with Gasteiger partial charge in [-0.1, -0.05) is 11.6 Å². The number of fused-ring (bicyclic) bond motifs is 1. The summed E-state index contributed by atoms with van der Waals surface area (Å²) in [6, 6.07) is 11.2. The summed E-state index contributed by atoms with van der Waals surface area (Å²) in [7, 11) is 0. The highest BCUT2D eigenvalue weighted by Gasteiger charge is 2.12. The Morgan fingerprint density at radius 1 is 1.10 bits per heavy atom. The zero-order valence-corrected chi connectivity index (χ0v) is 12.8. The molecule has 0 atom stereocenters. The minimum Gasteiger partial charge on any atom is -0.276 e. The number of hydrogen-bond donors (Lipinski definition) is 0. The van der Waals surface area contributed by atoms with Gasteiger partial charge in [-0.05, 0) is 48.9 Å². The highest BCUT2D eigenvalue weighted by atomic mass is 35.5. The number of carbonyl (C=O) groups is 1. The maximum atomic E-state index is 11.7. The standard InChI is InChI=1S/C16H11ClN2O.ClH/c1-10-2-3-14-12(8-10)13(16(17)20)9-15(19-14)11-4-6-18-7-5-11;/h2-9H,1H3;1H. The third-order valence-electron chi connectivity index (χ3n) is 3.15. The van der Waals surface area contributed by atoms with Crippen molar-refractivity contribution in [1.82, 2.24) is 9.97 Å². The summed E-state index contributed by atoms with van der Waals surface area (Å²) in [5.41, 5.74) is 3.92. The van der Waals surface area contributed by atoms with Crippen molar-refractivity contribution in [1.29, 1.82) is 0 Å². The van der Waals surface area contributed by atoms with E-state index in [0.29, 0.717) is 11.3 Å². The molecule has 0 amide bonds. The highest BCUT2D eigenvalue weighted by Crippen LogP contribution is 2.26. The number of benzene rings is 1. The second-order valence-corrected chi connectivity index (χ2v) is 4.93. The topological polar surface area (TPSA) is 42.9 Å². The van der Waals surface area contributed by atoms with E-state index in [2.05, 4.69) is 9.97 Å². The first-order valence-corrected chi connectivity index (χ1v) is 6.54. The predicted molar refractivity (Wildman–Crippen MR) is 87.1 cm³/mol. The fourth-order valence-electron chi connectivity index (χ4n) is 2.17. The molecule has 0 bridgehead atoms. The summed E-state index contributed by atoms with van der Waals surface area (Å²) in [6.07, 6.45) is 3.39. The third kappa shape index (κ3) is 3.04. The van der Waals surface area contributed by atoms with Gasteiger partial charge >= 0.3 is 0 Å². The summed E-state index contributed by atoms with van der Waals surface area (Å²) >= 11 is 5.71. The minimum absolute atomic E-state index is 0. The summed E-state index contributed by atoms with van der Waals surface area (Å²) in [5, 5.41) is 0.307. The molecule has 2 heterocycles. The number of carbonyl (C=O) groups excluding carboxylic acids is 1. The SMILES string of the molecule is Cc1ccc2nc(-c3ccncc3)cc(C(=O)Cl)c2c1.Cl. The summed E-state index contributed by atoms with van der Waals surface area (Å²) in [6.45, 7) is 1.97. The van der Waals surface area contributed by atoms with Gasteiger partial charge in [-0.2, -0.15) is 0 Å². The molecular weight excluding hydrogens is 307 g/mol. The smallest absolute Gasteiger partial charge is 0.253 e. The first kappa shape index (κ1) is 15.4. The van der Waals surface area contributed by atoms with Crippen molar-refractivity contribution in [3.05, 3.63) is 59.9 Å². The van der Waals surface area contributed by atoms with Crippen LogP contribution in [-0.2, 0) is 0 Å². The molecule has 0 saturated heterocycles. The number of halogens is 2. The van der Waals surface area contributed by atoms with Crippen molar-refractivity contribution >= 4 is 40.2 Å². The van der Waals surface area contributed by atoms with Crippen molar-refractivity contribution in [2.45, 2.75) is 6.92 Å². The van der Waals surface area contributed by atoms with Crippen LogP contribution in [0.4, 0.5) is 0 Å². The Labute approximate surface area is 133 Å². The Bertz CT molecular complexity index is 804. The van der Waals surface area contributed by atoms with Gasteiger partial charge < -0.3 is 0 Å². The highest BCUT2D eigenvalue weighted by molar-refractivity contribution is 6.68. The molecule has 0 saturated carbocycles. The number of hydrogen-bond acceptors (Lipinski definition) is 3. The fourth-order valence-corrected chi connectivity index (χ4v) is 2.33.